The van der Waals surface area contributed by atoms with Crippen LogP contribution >= 0.6 is 0 Å². The van der Waals surface area contributed by atoms with Crippen LogP contribution in [-0.4, -0.2) is 33.4 Å². The zero-order valence-electron chi connectivity index (χ0n) is 19.2. The van der Waals surface area contributed by atoms with Gasteiger partial charge in [0.15, 0.2) is 23.1 Å². The lowest BCUT2D eigenvalue weighted by Gasteiger charge is -2.17. The third-order valence-corrected chi connectivity index (χ3v) is 8.00. The van der Waals surface area contributed by atoms with Crippen molar-refractivity contribution in [2.75, 3.05) is 5.32 Å². The maximum atomic E-state index is 14.6. The van der Waals surface area contributed by atoms with Crippen LogP contribution in [0.1, 0.15) is 44.1 Å². The van der Waals surface area contributed by atoms with E-state index in [1.54, 1.807) is 12.1 Å². The molecule has 0 amide bonds. The molecule has 1 aromatic carbocycles. The van der Waals surface area contributed by atoms with Crippen molar-refractivity contribution < 1.29 is 17.2 Å². The molecule has 3 aromatic heterocycles. The molecule has 4 aromatic rings. The highest BCUT2D eigenvalue weighted by atomic mass is 32.2. The van der Waals surface area contributed by atoms with E-state index in [0.29, 0.717) is 0 Å². The number of benzene rings is 1. The fourth-order valence-electron chi connectivity index (χ4n) is 4.45. The summed E-state index contributed by atoms with van der Waals surface area (Å²) in [6, 6.07) is 7.68. The van der Waals surface area contributed by atoms with Crippen LogP contribution in [0, 0.1) is 18.6 Å². The van der Waals surface area contributed by atoms with Gasteiger partial charge in [0.05, 0.1) is 17.3 Å². The monoisotopic (exact) mass is 497 g/mol. The number of hydrogen-bond acceptors (Lipinski definition) is 6. The van der Waals surface area contributed by atoms with E-state index >= 15 is 0 Å². The van der Waals surface area contributed by atoms with Crippen molar-refractivity contribution in [2.45, 2.75) is 56.4 Å². The van der Waals surface area contributed by atoms with Gasteiger partial charge in [0.2, 0.25) is 0 Å². The zero-order chi connectivity index (χ0) is 24.6. The molecule has 35 heavy (non-hydrogen) atoms. The summed E-state index contributed by atoms with van der Waals surface area (Å²) in [5, 5.41) is 3.40. The van der Waals surface area contributed by atoms with Crippen LogP contribution in [0.15, 0.2) is 53.8 Å². The molecular weight excluding hydrogens is 472 g/mol. The molecule has 0 bridgehead atoms. The number of rotatable bonds is 5. The highest BCUT2D eigenvalue weighted by Gasteiger charge is 2.25. The number of hydrogen-bond donors (Lipinski definition) is 1. The van der Waals surface area contributed by atoms with E-state index < -0.39 is 21.7 Å². The molecule has 3 heterocycles. The Labute approximate surface area is 202 Å². The summed E-state index contributed by atoms with van der Waals surface area (Å²) >= 11 is 0. The summed E-state index contributed by atoms with van der Waals surface area (Å²) in [7, 11) is -4.04. The number of anilines is 1. The van der Waals surface area contributed by atoms with Crippen molar-refractivity contribution >= 4 is 26.9 Å². The number of nitrogens with zero attached hydrogens (tertiary/aromatic N) is 4. The summed E-state index contributed by atoms with van der Waals surface area (Å²) in [5.74, 6) is -1.10. The molecule has 0 saturated heterocycles. The summed E-state index contributed by atoms with van der Waals surface area (Å²) < 4.78 is 56.6. The molecule has 0 aliphatic heterocycles. The third-order valence-electron chi connectivity index (χ3n) is 6.34. The molecule has 1 aliphatic carbocycles. The third kappa shape index (κ3) is 4.62. The maximum absolute atomic E-state index is 14.6. The molecule has 7 nitrogen and oxygen atoms in total. The second-order valence-electron chi connectivity index (χ2n) is 8.90. The van der Waals surface area contributed by atoms with E-state index in [9.17, 15) is 17.2 Å². The van der Waals surface area contributed by atoms with Crippen LogP contribution in [0.2, 0.25) is 0 Å². The Morgan fingerprint density at radius 2 is 1.71 bits per heavy atom. The van der Waals surface area contributed by atoms with Gasteiger partial charge in [-0.3, -0.25) is 0 Å². The number of pyridine rings is 1. The second-order valence-corrected chi connectivity index (χ2v) is 10.7. The normalized spacial score (nSPS) is 15.3. The molecule has 1 saturated carbocycles. The summed E-state index contributed by atoms with van der Waals surface area (Å²) in [6.45, 7) is 1.86. The number of nitrogens with one attached hydrogen (secondary N) is 1. The van der Waals surface area contributed by atoms with E-state index in [1.807, 2.05) is 6.92 Å². The summed E-state index contributed by atoms with van der Waals surface area (Å²) in [5.41, 5.74) is 1.19. The van der Waals surface area contributed by atoms with E-state index in [-0.39, 0.29) is 39.2 Å². The first-order valence-corrected chi connectivity index (χ1v) is 13.1. The Hall–Kier alpha value is -3.40. The van der Waals surface area contributed by atoms with Crippen LogP contribution < -0.4 is 5.32 Å². The molecule has 0 radical (unpaired) electrons. The molecule has 0 unspecified atom stereocenters. The van der Waals surface area contributed by atoms with Crippen molar-refractivity contribution in [3.63, 3.8) is 0 Å². The average molecular weight is 498 g/mol. The molecule has 1 N–H and O–H groups in total. The van der Waals surface area contributed by atoms with E-state index in [0.717, 1.165) is 60.5 Å². The van der Waals surface area contributed by atoms with E-state index in [1.165, 1.54) is 24.4 Å². The van der Waals surface area contributed by atoms with Crippen molar-refractivity contribution in [2.24, 2.45) is 0 Å². The number of halogens is 2. The van der Waals surface area contributed by atoms with Crippen molar-refractivity contribution in [1.82, 2.24) is 18.9 Å². The summed E-state index contributed by atoms with van der Waals surface area (Å²) in [4.78, 5) is 12.6. The lowest BCUT2D eigenvalue weighted by atomic mass is 10.1. The molecule has 0 spiro atoms. The fraction of sp³-hybridized carbons (Fsp3) is 0.320. The zero-order valence-corrected chi connectivity index (χ0v) is 20.0. The van der Waals surface area contributed by atoms with Gasteiger partial charge in [0.25, 0.3) is 10.0 Å². The van der Waals surface area contributed by atoms with Gasteiger partial charge in [-0.25, -0.2) is 36.1 Å². The minimum absolute atomic E-state index is 0.0353. The van der Waals surface area contributed by atoms with Gasteiger partial charge >= 0.3 is 0 Å². The fourth-order valence-corrected chi connectivity index (χ4v) is 5.78. The molecular formula is C25H25F2N5O2S. The highest BCUT2D eigenvalue weighted by molar-refractivity contribution is 7.90. The van der Waals surface area contributed by atoms with Crippen LogP contribution in [0.5, 0.6) is 0 Å². The Kier molecular flexibility index (Phi) is 6.22. The largest absolute Gasteiger partial charge is 0.365 e. The van der Waals surface area contributed by atoms with Crippen molar-refractivity contribution in [3.8, 4) is 11.4 Å². The number of aryl methyl sites for hydroxylation is 1. The predicted molar refractivity (Wildman–Crippen MR) is 130 cm³/mol. The van der Waals surface area contributed by atoms with Crippen LogP contribution in [0.3, 0.4) is 0 Å². The lowest BCUT2D eigenvalue weighted by Crippen LogP contribution is -2.20. The van der Waals surface area contributed by atoms with Crippen LogP contribution in [-0.2, 0) is 10.0 Å². The van der Waals surface area contributed by atoms with E-state index in [4.69, 9.17) is 0 Å². The maximum Gasteiger partial charge on any atom is 0.269 e. The van der Waals surface area contributed by atoms with E-state index in [2.05, 4.69) is 20.3 Å². The van der Waals surface area contributed by atoms with Gasteiger partial charge in [-0.2, -0.15) is 0 Å². The van der Waals surface area contributed by atoms with Gasteiger partial charge in [-0.1, -0.05) is 43.4 Å². The molecule has 1 fully saturated rings. The van der Waals surface area contributed by atoms with Crippen LogP contribution in [0.25, 0.3) is 22.4 Å². The van der Waals surface area contributed by atoms with Crippen LogP contribution in [0.4, 0.5) is 14.6 Å². The second kappa shape index (κ2) is 9.33. The first kappa shape index (κ1) is 23.3. The van der Waals surface area contributed by atoms with Gasteiger partial charge in [0.1, 0.15) is 5.82 Å². The molecule has 5 rings (SSSR count). The molecule has 10 heteroatoms. The van der Waals surface area contributed by atoms with Gasteiger partial charge in [-0.15, -0.1) is 0 Å². The Morgan fingerprint density at radius 3 is 2.43 bits per heavy atom. The Morgan fingerprint density at radius 1 is 1.00 bits per heavy atom. The first-order valence-electron chi connectivity index (χ1n) is 11.6. The first-order chi connectivity index (χ1) is 16.8. The summed E-state index contributed by atoms with van der Waals surface area (Å²) in [6.07, 6.45) is 9.59. The van der Waals surface area contributed by atoms with Gasteiger partial charge < -0.3 is 5.32 Å². The topological polar surface area (TPSA) is 89.8 Å². The lowest BCUT2D eigenvalue weighted by molar-refractivity contribution is 0.587. The minimum Gasteiger partial charge on any atom is -0.365 e. The predicted octanol–water partition coefficient (Wildman–Crippen LogP) is 5.45. The van der Waals surface area contributed by atoms with Crippen molar-refractivity contribution in [1.29, 1.82) is 0 Å². The molecule has 0 atom stereocenters. The smallest absolute Gasteiger partial charge is 0.269 e. The Bertz CT molecular complexity index is 1480. The number of fused-ring (bicyclic) bond motifs is 1. The minimum atomic E-state index is -4.04. The standard InChI is InChI=1S/C25H25F2N5O2S/c1-16-8-10-19(11-9-16)35(33,34)32-15-21(20-12-17(26)13-29-25(20)32)23-28-14-22(27)24(31-23)30-18-6-4-2-3-5-7-18/h8-15,18H,2-7H2,1H3,(H,28,30,31). The molecule has 182 valence electrons. The number of aromatic nitrogens is 4. The SMILES string of the molecule is Cc1ccc(S(=O)(=O)n2cc(-c3ncc(F)c(NC4CCCCCC4)n3)c3cc(F)cnc32)cc1. The van der Waals surface area contributed by atoms with Gasteiger partial charge in [0, 0.05) is 23.2 Å². The highest BCUT2D eigenvalue weighted by Crippen LogP contribution is 2.32. The van der Waals surface area contributed by atoms with Gasteiger partial charge in [-0.05, 0) is 38.0 Å². The average Bonchev–Trinajstić information content (AvgIpc) is 3.02. The molecule has 1 aliphatic rings. The Balaban J connectivity index is 1.61. The van der Waals surface area contributed by atoms with Crippen molar-refractivity contribution in [3.05, 3.63) is 66.1 Å². The quantitative estimate of drug-likeness (QED) is 0.369.